The van der Waals surface area contributed by atoms with E-state index >= 15 is 0 Å². The van der Waals surface area contributed by atoms with Crippen LogP contribution in [0, 0.1) is 13.8 Å². The summed E-state index contributed by atoms with van der Waals surface area (Å²) in [7, 11) is 1.60. The van der Waals surface area contributed by atoms with E-state index < -0.39 is 5.97 Å². The van der Waals surface area contributed by atoms with Gasteiger partial charge in [0.2, 0.25) is 0 Å². The van der Waals surface area contributed by atoms with Crippen LogP contribution in [0.4, 0.5) is 0 Å². The number of carbonyl (C=O) groups is 2. The molecule has 0 aliphatic rings. The van der Waals surface area contributed by atoms with Gasteiger partial charge < -0.3 is 10.0 Å². The second-order valence-corrected chi connectivity index (χ2v) is 4.72. The first-order valence-corrected chi connectivity index (χ1v) is 5.64. The zero-order chi connectivity index (χ0) is 12.3. The maximum atomic E-state index is 11.9. The maximum Gasteiger partial charge on any atom is 0.305 e. The van der Waals surface area contributed by atoms with Crippen molar-refractivity contribution in [3.63, 3.8) is 0 Å². The van der Waals surface area contributed by atoms with E-state index in [1.165, 1.54) is 16.2 Å². The van der Waals surface area contributed by atoms with E-state index in [1.54, 1.807) is 14.0 Å². The normalized spacial score (nSPS) is 10.2. The van der Waals surface area contributed by atoms with Crippen LogP contribution in [0.2, 0.25) is 0 Å². The number of aryl methyl sites for hydroxylation is 2. The molecule has 0 aliphatic heterocycles. The van der Waals surface area contributed by atoms with Gasteiger partial charge in [-0.15, -0.1) is 11.3 Å². The Morgan fingerprint density at radius 3 is 2.50 bits per heavy atom. The molecule has 0 fully saturated rings. The largest absolute Gasteiger partial charge is 0.481 e. The molecule has 6 heteroatoms. The van der Waals surface area contributed by atoms with Gasteiger partial charge in [-0.25, -0.2) is 4.98 Å². The Balaban J connectivity index is 2.70. The summed E-state index contributed by atoms with van der Waals surface area (Å²) < 4.78 is 0. The summed E-state index contributed by atoms with van der Waals surface area (Å²) in [6.45, 7) is 3.83. The van der Waals surface area contributed by atoms with Crippen LogP contribution in [0.25, 0.3) is 0 Å². The highest BCUT2D eigenvalue weighted by molar-refractivity contribution is 7.13. The first-order chi connectivity index (χ1) is 7.41. The highest BCUT2D eigenvalue weighted by atomic mass is 32.1. The first kappa shape index (κ1) is 12.6. The summed E-state index contributed by atoms with van der Waals surface area (Å²) in [5, 5.41) is 9.37. The lowest BCUT2D eigenvalue weighted by atomic mass is 10.3. The van der Waals surface area contributed by atoms with Crippen molar-refractivity contribution in [2.45, 2.75) is 20.3 Å². The first-order valence-electron chi connectivity index (χ1n) is 4.83. The molecule has 0 saturated carbocycles. The van der Waals surface area contributed by atoms with Crippen LogP contribution in [0.3, 0.4) is 0 Å². The fourth-order valence-electron chi connectivity index (χ4n) is 1.27. The van der Waals surface area contributed by atoms with Crippen LogP contribution >= 0.6 is 11.3 Å². The molecule has 0 aliphatic carbocycles. The third-order valence-electron chi connectivity index (χ3n) is 2.11. The van der Waals surface area contributed by atoms with Crippen molar-refractivity contribution in [2.24, 2.45) is 0 Å². The Morgan fingerprint density at radius 2 is 2.06 bits per heavy atom. The number of nitrogens with zero attached hydrogens (tertiary/aromatic N) is 2. The van der Waals surface area contributed by atoms with Crippen molar-refractivity contribution in [3.8, 4) is 0 Å². The highest BCUT2D eigenvalue weighted by Crippen LogP contribution is 2.18. The van der Waals surface area contributed by atoms with Crippen molar-refractivity contribution in [1.82, 2.24) is 9.88 Å². The molecular weight excluding hydrogens is 228 g/mol. The fourth-order valence-corrected chi connectivity index (χ4v) is 2.18. The average Bonchev–Trinajstić information content (AvgIpc) is 2.53. The maximum absolute atomic E-state index is 11.9. The topological polar surface area (TPSA) is 70.5 Å². The summed E-state index contributed by atoms with van der Waals surface area (Å²) in [5.41, 5.74) is 0.703. The predicted molar refractivity (Wildman–Crippen MR) is 60.8 cm³/mol. The van der Waals surface area contributed by atoms with Gasteiger partial charge in [0.15, 0.2) is 0 Å². The molecule has 5 nitrogen and oxygen atoms in total. The molecule has 0 atom stereocenters. The van der Waals surface area contributed by atoms with Crippen LogP contribution in [0.15, 0.2) is 0 Å². The predicted octanol–water partition coefficient (Wildman–Crippen LogP) is 1.31. The third-order valence-corrected chi connectivity index (χ3v) is 3.17. The minimum atomic E-state index is -0.906. The van der Waals surface area contributed by atoms with E-state index in [0.29, 0.717) is 10.6 Å². The summed E-state index contributed by atoms with van der Waals surface area (Å²) in [6, 6.07) is 0. The Labute approximate surface area is 97.7 Å². The molecule has 1 N–H and O–H groups in total. The molecule has 16 heavy (non-hydrogen) atoms. The summed E-state index contributed by atoms with van der Waals surface area (Å²) >= 11 is 1.34. The van der Waals surface area contributed by atoms with E-state index in [-0.39, 0.29) is 18.9 Å². The fraction of sp³-hybridized carbons (Fsp3) is 0.500. The van der Waals surface area contributed by atoms with Gasteiger partial charge >= 0.3 is 5.97 Å². The summed E-state index contributed by atoms with van der Waals surface area (Å²) in [4.78, 5) is 28.4. The second kappa shape index (κ2) is 5.07. The SMILES string of the molecule is Cc1nc(C)c(C(=O)N(C)CCC(=O)O)s1. The van der Waals surface area contributed by atoms with Crippen molar-refractivity contribution in [2.75, 3.05) is 13.6 Å². The number of carbonyl (C=O) groups excluding carboxylic acids is 1. The molecule has 0 saturated heterocycles. The van der Waals surface area contributed by atoms with Gasteiger partial charge in [0, 0.05) is 13.6 Å². The van der Waals surface area contributed by atoms with Crippen molar-refractivity contribution in [3.05, 3.63) is 15.6 Å². The van der Waals surface area contributed by atoms with Crippen LogP contribution in [-0.4, -0.2) is 40.5 Å². The molecule has 1 aromatic rings. The monoisotopic (exact) mass is 242 g/mol. The molecule has 1 amide bonds. The Morgan fingerprint density at radius 1 is 1.44 bits per heavy atom. The lowest BCUT2D eigenvalue weighted by Crippen LogP contribution is -2.28. The summed E-state index contributed by atoms with van der Waals surface area (Å²) in [5.74, 6) is -1.07. The molecule has 0 unspecified atom stereocenters. The molecule has 88 valence electrons. The van der Waals surface area contributed by atoms with Crippen molar-refractivity contribution in [1.29, 1.82) is 0 Å². The lowest BCUT2D eigenvalue weighted by Gasteiger charge is -2.14. The van der Waals surface area contributed by atoms with Gasteiger partial charge in [0.05, 0.1) is 17.1 Å². The van der Waals surface area contributed by atoms with E-state index in [2.05, 4.69) is 4.98 Å². The average molecular weight is 242 g/mol. The van der Waals surface area contributed by atoms with Crippen LogP contribution in [0.5, 0.6) is 0 Å². The standard InChI is InChI=1S/C10H14N2O3S/c1-6-9(16-7(2)11-6)10(15)12(3)5-4-8(13)14/h4-5H2,1-3H3,(H,13,14). The molecule has 0 aromatic carbocycles. The number of rotatable bonds is 4. The van der Waals surface area contributed by atoms with E-state index in [0.717, 1.165) is 5.01 Å². The highest BCUT2D eigenvalue weighted by Gasteiger charge is 2.18. The van der Waals surface area contributed by atoms with Gasteiger partial charge in [-0.1, -0.05) is 0 Å². The number of carboxylic acids is 1. The molecule has 0 bridgehead atoms. The number of aliphatic carboxylic acids is 1. The van der Waals surface area contributed by atoms with Gasteiger partial charge in [-0.3, -0.25) is 9.59 Å². The molecule has 1 aromatic heterocycles. The van der Waals surface area contributed by atoms with E-state index in [9.17, 15) is 9.59 Å². The van der Waals surface area contributed by atoms with Gasteiger partial charge in [-0.05, 0) is 13.8 Å². The Bertz CT molecular complexity index is 414. The molecular formula is C10H14N2O3S. The van der Waals surface area contributed by atoms with E-state index in [4.69, 9.17) is 5.11 Å². The van der Waals surface area contributed by atoms with Gasteiger partial charge in [0.25, 0.3) is 5.91 Å². The zero-order valence-corrected chi connectivity index (χ0v) is 10.3. The van der Waals surface area contributed by atoms with Gasteiger partial charge in [-0.2, -0.15) is 0 Å². The number of amides is 1. The van der Waals surface area contributed by atoms with Gasteiger partial charge in [0.1, 0.15) is 4.88 Å². The van der Waals surface area contributed by atoms with Crippen molar-refractivity contribution >= 4 is 23.2 Å². The Kier molecular flexibility index (Phi) is 4.00. The molecule has 1 rings (SSSR count). The zero-order valence-electron chi connectivity index (χ0n) is 9.48. The quantitative estimate of drug-likeness (QED) is 0.864. The number of thiazole rings is 1. The number of aromatic nitrogens is 1. The van der Waals surface area contributed by atoms with Crippen molar-refractivity contribution < 1.29 is 14.7 Å². The minimum Gasteiger partial charge on any atom is -0.481 e. The smallest absolute Gasteiger partial charge is 0.305 e. The Hall–Kier alpha value is -1.43. The third kappa shape index (κ3) is 3.03. The molecule has 0 radical (unpaired) electrons. The molecule has 1 heterocycles. The lowest BCUT2D eigenvalue weighted by molar-refractivity contribution is -0.137. The van der Waals surface area contributed by atoms with Crippen LogP contribution in [-0.2, 0) is 4.79 Å². The molecule has 0 spiro atoms. The number of hydrogen-bond acceptors (Lipinski definition) is 4. The minimum absolute atomic E-state index is 0.0426. The number of hydrogen-bond donors (Lipinski definition) is 1. The van der Waals surface area contributed by atoms with E-state index in [1.807, 2.05) is 6.92 Å². The summed E-state index contributed by atoms with van der Waals surface area (Å²) in [6.07, 6.45) is -0.0426. The second-order valence-electron chi connectivity index (χ2n) is 3.52. The van der Waals surface area contributed by atoms with Crippen LogP contribution < -0.4 is 0 Å². The van der Waals surface area contributed by atoms with Crippen LogP contribution in [0.1, 0.15) is 26.8 Å². The number of carboxylic acid groups (broad SMARTS) is 1.